The first kappa shape index (κ1) is 13.0. The van der Waals surface area contributed by atoms with Crippen LogP contribution in [-0.2, 0) is 4.79 Å². The maximum absolute atomic E-state index is 11.8. The van der Waals surface area contributed by atoms with Gasteiger partial charge in [-0.15, -0.1) is 0 Å². The summed E-state index contributed by atoms with van der Waals surface area (Å²) in [6, 6.07) is 0. The van der Waals surface area contributed by atoms with Gasteiger partial charge in [0.1, 0.15) is 5.69 Å². The summed E-state index contributed by atoms with van der Waals surface area (Å²) in [5, 5.41) is 2.82. The summed E-state index contributed by atoms with van der Waals surface area (Å²) in [4.78, 5) is 15.8. The van der Waals surface area contributed by atoms with E-state index in [4.69, 9.17) is 4.74 Å². The fraction of sp³-hybridized carbons (Fsp3) is 0.455. The number of amides is 1. The molecule has 0 radical (unpaired) electrons. The van der Waals surface area contributed by atoms with Crippen LogP contribution in [0.3, 0.4) is 0 Å². The van der Waals surface area contributed by atoms with Crippen molar-refractivity contribution in [3.05, 3.63) is 16.9 Å². The molecular weight excluding hydrogens is 272 g/mol. The maximum Gasteiger partial charge on any atom is 0.229 e. The Kier molecular flexibility index (Phi) is 3.91. The van der Waals surface area contributed by atoms with E-state index in [9.17, 15) is 4.79 Å². The lowest BCUT2D eigenvalue weighted by Gasteiger charge is -2.19. The third-order valence-electron chi connectivity index (χ3n) is 2.00. The number of nitrogens with zero attached hydrogens (tertiary/aromatic N) is 1. The van der Waals surface area contributed by atoms with Gasteiger partial charge in [0, 0.05) is 11.6 Å². The molecule has 0 saturated carbocycles. The molecule has 0 fully saturated rings. The zero-order valence-corrected chi connectivity index (χ0v) is 11.4. The minimum absolute atomic E-state index is 0.0716. The summed E-state index contributed by atoms with van der Waals surface area (Å²) in [5.74, 6) is 0.463. The Morgan fingerprint density at radius 2 is 2.06 bits per heavy atom. The SMILES string of the molecule is COc1cncc(Br)c1NC(=O)C(C)(C)C. The van der Waals surface area contributed by atoms with Gasteiger partial charge in [0.25, 0.3) is 0 Å². The van der Waals surface area contributed by atoms with E-state index in [1.807, 2.05) is 20.8 Å². The zero-order valence-electron chi connectivity index (χ0n) is 9.80. The maximum atomic E-state index is 11.8. The van der Waals surface area contributed by atoms with Gasteiger partial charge in [-0.1, -0.05) is 20.8 Å². The highest BCUT2D eigenvalue weighted by molar-refractivity contribution is 9.10. The van der Waals surface area contributed by atoms with Crippen molar-refractivity contribution in [3.8, 4) is 5.75 Å². The number of halogens is 1. The number of carbonyl (C=O) groups is 1. The van der Waals surface area contributed by atoms with Crippen molar-refractivity contribution >= 4 is 27.5 Å². The van der Waals surface area contributed by atoms with E-state index in [0.717, 1.165) is 0 Å². The number of rotatable bonds is 2. The molecule has 0 unspecified atom stereocenters. The molecule has 1 aromatic heterocycles. The molecule has 1 rings (SSSR count). The topological polar surface area (TPSA) is 51.2 Å². The molecule has 1 heterocycles. The molecular formula is C11H15BrN2O2. The van der Waals surface area contributed by atoms with Crippen LogP contribution in [0.2, 0.25) is 0 Å². The molecule has 4 nitrogen and oxygen atoms in total. The molecule has 0 aliphatic carbocycles. The highest BCUT2D eigenvalue weighted by atomic mass is 79.9. The van der Waals surface area contributed by atoms with Crippen molar-refractivity contribution in [2.75, 3.05) is 12.4 Å². The van der Waals surface area contributed by atoms with Gasteiger partial charge in [-0.2, -0.15) is 0 Å². The number of aromatic nitrogens is 1. The Hall–Kier alpha value is -1.10. The molecule has 0 aromatic carbocycles. The Balaban J connectivity index is 3.01. The summed E-state index contributed by atoms with van der Waals surface area (Å²) in [7, 11) is 1.54. The quantitative estimate of drug-likeness (QED) is 0.910. The van der Waals surface area contributed by atoms with E-state index in [0.29, 0.717) is 15.9 Å². The van der Waals surface area contributed by atoms with Crippen molar-refractivity contribution in [1.29, 1.82) is 0 Å². The standard InChI is InChI=1S/C11H15BrN2O2/c1-11(2,3)10(15)14-9-7(12)5-13-6-8(9)16-4/h5-6H,1-4H3,(H,13,14,15). The van der Waals surface area contributed by atoms with E-state index in [-0.39, 0.29) is 5.91 Å². The molecule has 88 valence electrons. The molecule has 0 saturated heterocycles. The highest BCUT2D eigenvalue weighted by Gasteiger charge is 2.23. The number of hydrogen-bond acceptors (Lipinski definition) is 3. The van der Waals surface area contributed by atoms with Crippen LogP contribution in [0.25, 0.3) is 0 Å². The number of nitrogens with one attached hydrogen (secondary N) is 1. The summed E-state index contributed by atoms with van der Waals surface area (Å²) in [6.07, 6.45) is 3.17. The van der Waals surface area contributed by atoms with Crippen molar-refractivity contribution < 1.29 is 9.53 Å². The minimum Gasteiger partial charge on any atom is -0.493 e. The van der Waals surface area contributed by atoms with Crippen molar-refractivity contribution in [3.63, 3.8) is 0 Å². The van der Waals surface area contributed by atoms with Gasteiger partial charge in [0.2, 0.25) is 5.91 Å². The van der Waals surface area contributed by atoms with Crippen LogP contribution in [0.1, 0.15) is 20.8 Å². The van der Waals surface area contributed by atoms with E-state index < -0.39 is 5.41 Å². The van der Waals surface area contributed by atoms with Gasteiger partial charge in [-0.25, -0.2) is 0 Å². The second kappa shape index (κ2) is 4.82. The Bertz CT molecular complexity index is 399. The number of anilines is 1. The van der Waals surface area contributed by atoms with Crippen LogP contribution in [0, 0.1) is 5.41 Å². The van der Waals surface area contributed by atoms with Crippen LogP contribution in [-0.4, -0.2) is 18.0 Å². The Labute approximate surface area is 104 Å². The second-order valence-electron chi connectivity index (χ2n) is 4.40. The van der Waals surface area contributed by atoms with Gasteiger partial charge in [0.05, 0.1) is 17.8 Å². The summed E-state index contributed by atoms with van der Waals surface area (Å²) in [6.45, 7) is 5.55. The second-order valence-corrected chi connectivity index (χ2v) is 5.26. The fourth-order valence-electron chi connectivity index (χ4n) is 0.994. The molecule has 0 aliphatic rings. The minimum atomic E-state index is -0.451. The zero-order chi connectivity index (χ0) is 12.3. The Morgan fingerprint density at radius 1 is 1.44 bits per heavy atom. The van der Waals surface area contributed by atoms with Gasteiger partial charge in [-0.3, -0.25) is 9.78 Å². The van der Waals surface area contributed by atoms with Crippen molar-refractivity contribution in [1.82, 2.24) is 4.98 Å². The summed E-state index contributed by atoms with van der Waals surface area (Å²) < 4.78 is 5.83. The van der Waals surface area contributed by atoms with Crippen molar-refractivity contribution in [2.24, 2.45) is 5.41 Å². The molecule has 0 atom stereocenters. The number of carbonyl (C=O) groups excluding carboxylic acids is 1. The highest BCUT2D eigenvalue weighted by Crippen LogP contribution is 2.32. The van der Waals surface area contributed by atoms with E-state index in [2.05, 4.69) is 26.2 Å². The first-order valence-electron chi connectivity index (χ1n) is 4.85. The number of methoxy groups -OCH3 is 1. The molecule has 5 heteroatoms. The van der Waals surface area contributed by atoms with E-state index >= 15 is 0 Å². The number of hydrogen-bond donors (Lipinski definition) is 1. The first-order valence-corrected chi connectivity index (χ1v) is 5.64. The van der Waals surface area contributed by atoms with Gasteiger partial charge >= 0.3 is 0 Å². The lowest BCUT2D eigenvalue weighted by atomic mass is 9.95. The summed E-state index contributed by atoms with van der Waals surface area (Å²) in [5.41, 5.74) is 0.158. The van der Waals surface area contributed by atoms with Gasteiger partial charge < -0.3 is 10.1 Å². The molecule has 1 N–H and O–H groups in total. The molecule has 0 bridgehead atoms. The third kappa shape index (κ3) is 2.95. The molecule has 0 aliphatic heterocycles. The van der Waals surface area contributed by atoms with Crippen LogP contribution in [0.15, 0.2) is 16.9 Å². The fourth-order valence-corrected chi connectivity index (χ4v) is 1.41. The molecule has 1 amide bonds. The normalized spacial score (nSPS) is 11.1. The average molecular weight is 287 g/mol. The number of ether oxygens (including phenoxy) is 1. The predicted octanol–water partition coefficient (Wildman–Crippen LogP) is 2.84. The van der Waals surface area contributed by atoms with E-state index in [1.165, 1.54) is 7.11 Å². The molecule has 1 aromatic rings. The first-order chi connectivity index (χ1) is 7.36. The van der Waals surface area contributed by atoms with Gasteiger partial charge in [-0.05, 0) is 15.9 Å². The summed E-state index contributed by atoms with van der Waals surface area (Å²) >= 11 is 3.33. The largest absolute Gasteiger partial charge is 0.493 e. The van der Waals surface area contributed by atoms with Crippen LogP contribution >= 0.6 is 15.9 Å². The molecule has 16 heavy (non-hydrogen) atoms. The lowest BCUT2D eigenvalue weighted by molar-refractivity contribution is -0.123. The average Bonchev–Trinajstić information content (AvgIpc) is 2.19. The van der Waals surface area contributed by atoms with Crippen LogP contribution < -0.4 is 10.1 Å². The number of pyridine rings is 1. The van der Waals surface area contributed by atoms with E-state index in [1.54, 1.807) is 12.4 Å². The smallest absolute Gasteiger partial charge is 0.229 e. The Morgan fingerprint density at radius 3 is 2.56 bits per heavy atom. The van der Waals surface area contributed by atoms with Crippen molar-refractivity contribution in [2.45, 2.75) is 20.8 Å². The predicted molar refractivity (Wildman–Crippen MR) is 66.6 cm³/mol. The van der Waals surface area contributed by atoms with Gasteiger partial charge in [0.15, 0.2) is 5.75 Å². The van der Waals surface area contributed by atoms with Crippen LogP contribution in [0.5, 0.6) is 5.75 Å². The lowest BCUT2D eigenvalue weighted by Crippen LogP contribution is -2.28. The van der Waals surface area contributed by atoms with Crippen LogP contribution in [0.4, 0.5) is 5.69 Å². The third-order valence-corrected chi connectivity index (χ3v) is 2.61. The molecule has 0 spiro atoms. The monoisotopic (exact) mass is 286 g/mol.